The standard InChI is InChI=1S/C10H21N3OS/c1-3-8(2)13-9(11)12-6-10(14)4-5-15-7-10/h8,14H,3-7H2,1-2H3,(H3,11,12,13). The molecule has 4 nitrogen and oxygen atoms in total. The Morgan fingerprint density at radius 3 is 3.00 bits per heavy atom. The maximum Gasteiger partial charge on any atom is 0.188 e. The molecule has 1 rings (SSSR count). The number of hydrogen-bond acceptors (Lipinski definition) is 3. The summed E-state index contributed by atoms with van der Waals surface area (Å²) < 4.78 is 0. The van der Waals surface area contributed by atoms with E-state index in [9.17, 15) is 5.11 Å². The van der Waals surface area contributed by atoms with E-state index in [4.69, 9.17) is 5.73 Å². The van der Waals surface area contributed by atoms with Crippen molar-refractivity contribution in [1.82, 2.24) is 5.32 Å². The normalized spacial score (nSPS) is 29.1. The van der Waals surface area contributed by atoms with E-state index in [1.807, 2.05) is 0 Å². The van der Waals surface area contributed by atoms with Crippen molar-refractivity contribution < 1.29 is 5.11 Å². The third-order valence-corrected chi connectivity index (χ3v) is 3.87. The first-order valence-corrected chi connectivity index (χ1v) is 6.58. The summed E-state index contributed by atoms with van der Waals surface area (Å²) in [5, 5.41) is 13.1. The molecule has 1 heterocycles. The first-order chi connectivity index (χ1) is 7.06. The highest BCUT2D eigenvalue weighted by Gasteiger charge is 2.31. The smallest absolute Gasteiger partial charge is 0.188 e. The highest BCUT2D eigenvalue weighted by molar-refractivity contribution is 7.99. The van der Waals surface area contributed by atoms with Gasteiger partial charge in [-0.15, -0.1) is 0 Å². The molecule has 1 aliphatic rings. The van der Waals surface area contributed by atoms with Gasteiger partial charge in [-0.3, -0.25) is 4.99 Å². The van der Waals surface area contributed by atoms with E-state index in [1.165, 1.54) is 0 Å². The second kappa shape index (κ2) is 5.61. The zero-order valence-electron chi connectivity index (χ0n) is 9.49. The van der Waals surface area contributed by atoms with E-state index in [2.05, 4.69) is 24.2 Å². The van der Waals surface area contributed by atoms with Gasteiger partial charge in [0.2, 0.25) is 0 Å². The first kappa shape index (κ1) is 12.6. The van der Waals surface area contributed by atoms with Gasteiger partial charge < -0.3 is 16.2 Å². The van der Waals surface area contributed by atoms with Crippen LogP contribution >= 0.6 is 11.8 Å². The van der Waals surface area contributed by atoms with Gasteiger partial charge >= 0.3 is 0 Å². The van der Waals surface area contributed by atoms with Crippen molar-refractivity contribution in [3.8, 4) is 0 Å². The van der Waals surface area contributed by atoms with Crippen LogP contribution in [-0.4, -0.2) is 40.8 Å². The third kappa shape index (κ3) is 4.30. The molecule has 0 aliphatic carbocycles. The van der Waals surface area contributed by atoms with Gasteiger partial charge in [-0.05, 0) is 25.5 Å². The van der Waals surface area contributed by atoms with Crippen molar-refractivity contribution in [1.29, 1.82) is 0 Å². The van der Waals surface area contributed by atoms with Crippen molar-refractivity contribution in [2.45, 2.75) is 38.3 Å². The molecule has 15 heavy (non-hydrogen) atoms. The number of nitrogens with two attached hydrogens (primary N) is 1. The molecule has 0 saturated carbocycles. The number of nitrogens with one attached hydrogen (secondary N) is 1. The number of aliphatic imine (C=N–C) groups is 1. The summed E-state index contributed by atoms with van der Waals surface area (Å²) >= 11 is 1.77. The van der Waals surface area contributed by atoms with Crippen molar-refractivity contribution in [2.75, 3.05) is 18.1 Å². The van der Waals surface area contributed by atoms with E-state index < -0.39 is 5.60 Å². The van der Waals surface area contributed by atoms with Crippen molar-refractivity contribution in [3.63, 3.8) is 0 Å². The molecule has 5 heteroatoms. The third-order valence-electron chi connectivity index (χ3n) is 2.63. The van der Waals surface area contributed by atoms with E-state index in [0.717, 1.165) is 24.3 Å². The minimum atomic E-state index is -0.633. The lowest BCUT2D eigenvalue weighted by molar-refractivity contribution is 0.0779. The number of thioether (sulfide) groups is 1. The lowest BCUT2D eigenvalue weighted by Gasteiger charge is -2.19. The lowest BCUT2D eigenvalue weighted by Crippen LogP contribution is -2.40. The molecule has 0 radical (unpaired) electrons. The van der Waals surface area contributed by atoms with Gasteiger partial charge in [0.05, 0.1) is 12.1 Å². The Labute approximate surface area is 95.7 Å². The zero-order valence-corrected chi connectivity index (χ0v) is 10.3. The topological polar surface area (TPSA) is 70.6 Å². The molecule has 4 N–H and O–H groups in total. The van der Waals surface area contributed by atoms with Gasteiger partial charge in [-0.25, -0.2) is 0 Å². The van der Waals surface area contributed by atoms with Gasteiger partial charge in [-0.1, -0.05) is 6.92 Å². The molecule has 88 valence electrons. The number of guanidine groups is 1. The fourth-order valence-corrected chi connectivity index (χ4v) is 2.64. The Morgan fingerprint density at radius 1 is 1.73 bits per heavy atom. The molecule has 0 aromatic heterocycles. The maximum atomic E-state index is 10.0. The van der Waals surface area contributed by atoms with Gasteiger partial charge in [0.15, 0.2) is 5.96 Å². The van der Waals surface area contributed by atoms with Crippen LogP contribution in [0.5, 0.6) is 0 Å². The molecule has 1 saturated heterocycles. The summed E-state index contributed by atoms with van der Waals surface area (Å²) in [5.41, 5.74) is 5.08. The second-order valence-electron chi connectivity index (χ2n) is 4.18. The average Bonchev–Trinajstić information content (AvgIpc) is 2.63. The molecule has 2 unspecified atom stereocenters. The van der Waals surface area contributed by atoms with E-state index in [0.29, 0.717) is 18.5 Å². The Morgan fingerprint density at radius 2 is 2.47 bits per heavy atom. The van der Waals surface area contributed by atoms with Crippen LogP contribution in [0.2, 0.25) is 0 Å². The quantitative estimate of drug-likeness (QED) is 0.488. The molecule has 0 bridgehead atoms. The van der Waals surface area contributed by atoms with Crippen LogP contribution in [0.25, 0.3) is 0 Å². The summed E-state index contributed by atoms with van der Waals surface area (Å²) in [5.74, 6) is 2.23. The van der Waals surface area contributed by atoms with E-state index in [1.54, 1.807) is 11.8 Å². The van der Waals surface area contributed by atoms with Crippen molar-refractivity contribution in [2.24, 2.45) is 10.7 Å². The molecule has 1 aliphatic heterocycles. The largest absolute Gasteiger partial charge is 0.387 e. The van der Waals surface area contributed by atoms with Crippen LogP contribution in [0.1, 0.15) is 26.7 Å². The summed E-state index contributed by atoms with van der Waals surface area (Å²) in [7, 11) is 0. The van der Waals surface area contributed by atoms with Crippen molar-refractivity contribution in [3.05, 3.63) is 0 Å². The SMILES string of the molecule is CCC(C)NC(N)=NCC1(O)CCSC1. The van der Waals surface area contributed by atoms with Crippen LogP contribution < -0.4 is 11.1 Å². The molecule has 0 aromatic rings. The van der Waals surface area contributed by atoms with Gasteiger partial charge in [0, 0.05) is 11.8 Å². The average molecular weight is 231 g/mol. The van der Waals surface area contributed by atoms with Gasteiger partial charge in [0.25, 0.3) is 0 Å². The van der Waals surface area contributed by atoms with Gasteiger partial charge in [0.1, 0.15) is 0 Å². The van der Waals surface area contributed by atoms with Crippen LogP contribution in [0.4, 0.5) is 0 Å². The Hall–Kier alpha value is -0.420. The highest BCUT2D eigenvalue weighted by Crippen LogP contribution is 2.27. The summed E-state index contributed by atoms with van der Waals surface area (Å²) in [6.07, 6.45) is 1.83. The minimum Gasteiger partial charge on any atom is -0.387 e. The monoisotopic (exact) mass is 231 g/mol. The minimum absolute atomic E-state index is 0.335. The Bertz CT molecular complexity index is 227. The zero-order chi connectivity index (χ0) is 11.3. The fourth-order valence-electron chi connectivity index (χ4n) is 1.35. The number of aliphatic hydroxyl groups is 1. The summed E-state index contributed by atoms with van der Waals surface area (Å²) in [6, 6.07) is 0.335. The lowest BCUT2D eigenvalue weighted by atomic mass is 10.1. The molecular weight excluding hydrogens is 210 g/mol. The van der Waals surface area contributed by atoms with E-state index >= 15 is 0 Å². The predicted octanol–water partition coefficient (Wildman–Crippen LogP) is 0.557. The van der Waals surface area contributed by atoms with Crippen LogP contribution in [0.3, 0.4) is 0 Å². The molecule has 1 fully saturated rings. The molecule has 2 atom stereocenters. The maximum absolute atomic E-state index is 10.0. The van der Waals surface area contributed by atoms with Crippen LogP contribution in [0.15, 0.2) is 4.99 Å². The summed E-state index contributed by atoms with van der Waals surface area (Å²) in [4.78, 5) is 4.19. The second-order valence-corrected chi connectivity index (χ2v) is 5.29. The number of hydrogen-bond donors (Lipinski definition) is 3. The van der Waals surface area contributed by atoms with Crippen molar-refractivity contribution >= 4 is 17.7 Å². The van der Waals surface area contributed by atoms with E-state index in [-0.39, 0.29) is 0 Å². The van der Waals surface area contributed by atoms with Crippen LogP contribution in [-0.2, 0) is 0 Å². The number of rotatable bonds is 4. The Kier molecular flexibility index (Phi) is 4.73. The predicted molar refractivity (Wildman–Crippen MR) is 66.3 cm³/mol. The van der Waals surface area contributed by atoms with Crippen LogP contribution in [0, 0.1) is 0 Å². The highest BCUT2D eigenvalue weighted by atomic mass is 32.2. The molecule has 0 aromatic carbocycles. The Balaban J connectivity index is 2.35. The molecular formula is C10H21N3OS. The van der Waals surface area contributed by atoms with Gasteiger partial charge in [-0.2, -0.15) is 11.8 Å². The summed E-state index contributed by atoms with van der Waals surface area (Å²) in [6.45, 7) is 4.56. The number of nitrogens with zero attached hydrogens (tertiary/aromatic N) is 1. The molecule has 0 amide bonds. The first-order valence-electron chi connectivity index (χ1n) is 5.42. The molecule has 0 spiro atoms. The fraction of sp³-hybridized carbons (Fsp3) is 0.900.